The molecule has 26 heavy (non-hydrogen) atoms. The normalized spacial score (nSPS) is 19.8. The Labute approximate surface area is 174 Å². The molecule has 0 radical (unpaired) electrons. The van der Waals surface area contributed by atoms with Crippen LogP contribution in [0, 0.1) is 5.92 Å². The minimum absolute atomic E-state index is 0. The van der Waals surface area contributed by atoms with Gasteiger partial charge in [0.05, 0.1) is 13.2 Å². The average molecular weight is 473 g/mol. The summed E-state index contributed by atoms with van der Waals surface area (Å²) >= 11 is 0. The third kappa shape index (κ3) is 6.39. The molecule has 2 aliphatic rings. The Hall–Kier alpha value is -0.860. The Morgan fingerprint density at radius 3 is 2.96 bits per heavy atom. The molecule has 1 saturated heterocycles. The van der Waals surface area contributed by atoms with Crippen LogP contribution in [0.25, 0.3) is 0 Å². The third-order valence-corrected chi connectivity index (χ3v) is 4.85. The molecule has 0 bridgehead atoms. The fourth-order valence-corrected chi connectivity index (χ4v) is 3.42. The highest BCUT2D eigenvalue weighted by molar-refractivity contribution is 14.0. The third-order valence-electron chi connectivity index (χ3n) is 4.85. The maximum Gasteiger partial charge on any atom is 0.194 e. The summed E-state index contributed by atoms with van der Waals surface area (Å²) in [6.07, 6.45) is 3.19. The summed E-state index contributed by atoms with van der Waals surface area (Å²) in [5.74, 6) is 1.62. The summed E-state index contributed by atoms with van der Waals surface area (Å²) in [5.41, 5.74) is 2.89. The lowest BCUT2D eigenvalue weighted by Gasteiger charge is -2.31. The monoisotopic (exact) mass is 473 g/mol. The first kappa shape index (κ1) is 21.4. The smallest absolute Gasteiger partial charge is 0.194 e. The highest BCUT2D eigenvalue weighted by atomic mass is 127. The Bertz CT molecular complexity index is 562. The van der Waals surface area contributed by atoms with E-state index in [4.69, 9.17) is 14.5 Å². The molecule has 0 amide bonds. The van der Waals surface area contributed by atoms with Crippen molar-refractivity contribution in [3.8, 4) is 0 Å². The number of hydrogen-bond acceptors (Lipinski definition) is 3. The van der Waals surface area contributed by atoms with E-state index in [-0.39, 0.29) is 24.0 Å². The molecule has 1 fully saturated rings. The standard InChI is InChI=1S/C20H31N3O2.HI/c1-2-21-20(22-10-5-12-24-15-17-9-13-25-16-17)23-11-8-18-6-3-4-7-19(18)14-23;/h3-4,6-7,17H,2,5,8-16H2,1H3,(H,21,22);1H. The summed E-state index contributed by atoms with van der Waals surface area (Å²) in [7, 11) is 0. The zero-order valence-corrected chi connectivity index (χ0v) is 18.1. The largest absolute Gasteiger partial charge is 0.381 e. The van der Waals surface area contributed by atoms with Gasteiger partial charge in [-0.25, -0.2) is 0 Å². The second-order valence-electron chi connectivity index (χ2n) is 6.83. The number of hydrogen-bond donors (Lipinski definition) is 1. The molecular formula is C20H32IN3O2. The fraction of sp³-hybridized carbons (Fsp3) is 0.650. The van der Waals surface area contributed by atoms with Crippen molar-refractivity contribution in [3.63, 3.8) is 0 Å². The minimum Gasteiger partial charge on any atom is -0.381 e. The molecule has 5 nitrogen and oxygen atoms in total. The van der Waals surface area contributed by atoms with Crippen molar-refractivity contribution in [2.24, 2.45) is 10.9 Å². The first-order valence-corrected chi connectivity index (χ1v) is 9.62. The number of fused-ring (bicyclic) bond motifs is 1. The SMILES string of the molecule is CCNC(=NCCCOCC1CCOC1)N1CCc2ccccc2C1.I. The number of ether oxygens (including phenoxy) is 2. The quantitative estimate of drug-likeness (QED) is 0.286. The molecule has 1 aromatic carbocycles. The van der Waals surface area contributed by atoms with Crippen LogP contribution >= 0.6 is 24.0 Å². The van der Waals surface area contributed by atoms with E-state index in [1.807, 2.05) is 0 Å². The van der Waals surface area contributed by atoms with Gasteiger partial charge in [0.15, 0.2) is 5.96 Å². The van der Waals surface area contributed by atoms with Gasteiger partial charge in [-0.15, -0.1) is 24.0 Å². The van der Waals surface area contributed by atoms with E-state index in [2.05, 4.69) is 41.4 Å². The van der Waals surface area contributed by atoms with Crippen LogP contribution in [0.5, 0.6) is 0 Å². The van der Waals surface area contributed by atoms with E-state index < -0.39 is 0 Å². The van der Waals surface area contributed by atoms with E-state index in [0.717, 1.165) is 77.8 Å². The van der Waals surface area contributed by atoms with Gasteiger partial charge in [0.1, 0.15) is 0 Å². The Morgan fingerprint density at radius 2 is 2.19 bits per heavy atom. The molecule has 1 aromatic rings. The lowest BCUT2D eigenvalue weighted by Crippen LogP contribution is -2.44. The van der Waals surface area contributed by atoms with Gasteiger partial charge < -0.3 is 19.7 Å². The topological polar surface area (TPSA) is 46.1 Å². The molecule has 6 heteroatoms. The Kier molecular flexibility index (Phi) is 9.71. The van der Waals surface area contributed by atoms with Crippen molar-refractivity contribution in [2.45, 2.75) is 32.7 Å². The maximum atomic E-state index is 5.77. The van der Waals surface area contributed by atoms with E-state index in [1.165, 1.54) is 11.1 Å². The molecule has 0 spiro atoms. The van der Waals surface area contributed by atoms with Crippen LogP contribution in [0.2, 0.25) is 0 Å². The van der Waals surface area contributed by atoms with Gasteiger partial charge in [0.25, 0.3) is 0 Å². The zero-order chi connectivity index (χ0) is 17.3. The fourth-order valence-electron chi connectivity index (χ4n) is 3.42. The first-order valence-electron chi connectivity index (χ1n) is 9.62. The molecular weight excluding hydrogens is 441 g/mol. The van der Waals surface area contributed by atoms with Gasteiger partial charge in [0.2, 0.25) is 0 Å². The molecule has 0 saturated carbocycles. The lowest BCUT2D eigenvalue weighted by molar-refractivity contribution is 0.0893. The van der Waals surface area contributed by atoms with Crippen LogP contribution in [-0.2, 0) is 22.4 Å². The predicted molar refractivity (Wildman–Crippen MR) is 116 cm³/mol. The number of guanidine groups is 1. The number of aliphatic imine (C=N–C) groups is 1. The van der Waals surface area contributed by atoms with Crippen LogP contribution in [0.15, 0.2) is 29.3 Å². The van der Waals surface area contributed by atoms with Gasteiger partial charge in [-0.2, -0.15) is 0 Å². The van der Waals surface area contributed by atoms with Crippen LogP contribution in [0.3, 0.4) is 0 Å². The molecule has 0 aromatic heterocycles. The predicted octanol–water partition coefficient (Wildman–Crippen LogP) is 3.07. The molecule has 1 atom stereocenters. The molecule has 2 aliphatic heterocycles. The molecule has 2 heterocycles. The summed E-state index contributed by atoms with van der Waals surface area (Å²) in [4.78, 5) is 7.17. The maximum absolute atomic E-state index is 5.77. The van der Waals surface area contributed by atoms with Crippen LogP contribution in [0.4, 0.5) is 0 Å². The average Bonchev–Trinajstić information content (AvgIpc) is 3.16. The van der Waals surface area contributed by atoms with Gasteiger partial charge in [-0.05, 0) is 37.3 Å². The molecule has 3 rings (SSSR count). The van der Waals surface area contributed by atoms with Crippen molar-refractivity contribution in [2.75, 3.05) is 46.1 Å². The second-order valence-corrected chi connectivity index (χ2v) is 6.83. The number of rotatable bonds is 7. The van der Waals surface area contributed by atoms with E-state index in [0.29, 0.717) is 5.92 Å². The summed E-state index contributed by atoms with van der Waals surface area (Å²) in [5, 5.41) is 3.44. The Balaban J connectivity index is 0.00000243. The highest BCUT2D eigenvalue weighted by Gasteiger charge is 2.18. The van der Waals surface area contributed by atoms with Crippen molar-refractivity contribution in [1.82, 2.24) is 10.2 Å². The zero-order valence-electron chi connectivity index (χ0n) is 15.8. The van der Waals surface area contributed by atoms with Crippen molar-refractivity contribution in [1.29, 1.82) is 0 Å². The number of nitrogens with one attached hydrogen (secondary N) is 1. The summed E-state index contributed by atoms with van der Waals surface area (Å²) < 4.78 is 11.1. The van der Waals surface area contributed by atoms with Crippen molar-refractivity contribution in [3.05, 3.63) is 35.4 Å². The molecule has 1 unspecified atom stereocenters. The van der Waals surface area contributed by atoms with Crippen LogP contribution < -0.4 is 5.32 Å². The van der Waals surface area contributed by atoms with E-state index >= 15 is 0 Å². The molecule has 0 aliphatic carbocycles. The van der Waals surface area contributed by atoms with Crippen molar-refractivity contribution < 1.29 is 9.47 Å². The number of benzene rings is 1. The van der Waals surface area contributed by atoms with Gasteiger partial charge in [-0.1, -0.05) is 24.3 Å². The van der Waals surface area contributed by atoms with Gasteiger partial charge >= 0.3 is 0 Å². The van der Waals surface area contributed by atoms with Crippen LogP contribution in [-0.4, -0.2) is 56.9 Å². The first-order chi connectivity index (χ1) is 12.4. The highest BCUT2D eigenvalue weighted by Crippen LogP contribution is 2.18. The lowest BCUT2D eigenvalue weighted by atomic mass is 10.0. The molecule has 146 valence electrons. The number of halogens is 1. The summed E-state index contributed by atoms with van der Waals surface area (Å²) in [6, 6.07) is 8.72. The van der Waals surface area contributed by atoms with E-state index in [1.54, 1.807) is 0 Å². The second kappa shape index (κ2) is 11.8. The van der Waals surface area contributed by atoms with Crippen LogP contribution in [0.1, 0.15) is 30.9 Å². The van der Waals surface area contributed by atoms with Gasteiger partial charge in [0, 0.05) is 45.3 Å². The minimum atomic E-state index is 0. The van der Waals surface area contributed by atoms with Crippen molar-refractivity contribution >= 4 is 29.9 Å². The summed E-state index contributed by atoms with van der Waals surface area (Å²) in [6.45, 7) is 9.16. The van der Waals surface area contributed by atoms with Gasteiger partial charge in [-0.3, -0.25) is 4.99 Å². The van der Waals surface area contributed by atoms with E-state index in [9.17, 15) is 0 Å². The number of nitrogens with zero attached hydrogens (tertiary/aromatic N) is 2. The molecule has 1 N–H and O–H groups in total. The Morgan fingerprint density at radius 1 is 1.35 bits per heavy atom.